The molecule has 1 fully saturated rings. The van der Waals surface area contributed by atoms with E-state index in [1.165, 1.54) is 0 Å². The van der Waals surface area contributed by atoms with E-state index in [1.807, 2.05) is 6.07 Å². The van der Waals surface area contributed by atoms with Crippen molar-refractivity contribution in [3.05, 3.63) is 35.4 Å². The highest BCUT2D eigenvalue weighted by Crippen LogP contribution is 2.31. The monoisotopic (exact) mass is 311 g/mol. The van der Waals surface area contributed by atoms with Crippen molar-refractivity contribution in [3.8, 4) is 0 Å². The number of benzene rings is 1. The van der Waals surface area contributed by atoms with E-state index in [4.69, 9.17) is 5.11 Å². The van der Waals surface area contributed by atoms with E-state index in [-0.39, 0.29) is 18.4 Å². The van der Waals surface area contributed by atoms with E-state index in [9.17, 15) is 8.42 Å². The van der Waals surface area contributed by atoms with Gasteiger partial charge in [-0.2, -0.15) is 4.31 Å². The fourth-order valence-corrected chi connectivity index (χ4v) is 4.22. The fourth-order valence-electron chi connectivity index (χ4n) is 2.41. The molecule has 2 rings (SSSR count). The van der Waals surface area contributed by atoms with Crippen molar-refractivity contribution in [1.82, 2.24) is 4.31 Å². The second kappa shape index (κ2) is 6.90. The maximum absolute atomic E-state index is 12.7. The molecule has 1 aliphatic carbocycles. The zero-order valence-electron chi connectivity index (χ0n) is 12.8. The van der Waals surface area contributed by atoms with Crippen LogP contribution in [0.15, 0.2) is 24.3 Å². The number of aliphatic hydroxyl groups excluding tert-OH is 1. The van der Waals surface area contributed by atoms with Gasteiger partial charge in [0.05, 0.1) is 12.4 Å². The lowest BCUT2D eigenvalue weighted by Crippen LogP contribution is -2.35. The molecule has 0 aliphatic heterocycles. The molecule has 4 nitrogen and oxygen atoms in total. The Hall–Kier alpha value is -0.910. The molecule has 0 unspecified atom stereocenters. The Bertz CT molecular complexity index is 565. The van der Waals surface area contributed by atoms with Crippen LogP contribution >= 0.6 is 0 Å². The lowest BCUT2D eigenvalue weighted by molar-refractivity contribution is 0.281. The summed E-state index contributed by atoms with van der Waals surface area (Å²) in [7, 11) is -3.28. The molecule has 21 heavy (non-hydrogen) atoms. The van der Waals surface area contributed by atoms with Gasteiger partial charge < -0.3 is 5.11 Å². The second-order valence-corrected chi connectivity index (χ2v) is 8.18. The van der Waals surface area contributed by atoms with Crippen LogP contribution < -0.4 is 0 Å². The van der Waals surface area contributed by atoms with E-state index < -0.39 is 10.0 Å². The van der Waals surface area contributed by atoms with Crippen LogP contribution in [0.2, 0.25) is 0 Å². The molecule has 5 heteroatoms. The minimum atomic E-state index is -3.28. The summed E-state index contributed by atoms with van der Waals surface area (Å²) >= 11 is 0. The third-order valence-corrected chi connectivity index (χ3v) is 5.65. The molecule has 0 aromatic heterocycles. The summed E-state index contributed by atoms with van der Waals surface area (Å²) in [4.78, 5) is 0. The Balaban J connectivity index is 2.10. The van der Waals surface area contributed by atoms with Gasteiger partial charge in [0.2, 0.25) is 10.0 Å². The minimum Gasteiger partial charge on any atom is -0.392 e. The summed E-state index contributed by atoms with van der Waals surface area (Å²) < 4.78 is 27.0. The van der Waals surface area contributed by atoms with Crippen LogP contribution in [0.4, 0.5) is 0 Å². The molecular weight excluding hydrogens is 286 g/mol. The van der Waals surface area contributed by atoms with E-state index in [0.717, 1.165) is 30.4 Å². The Kier molecular flexibility index (Phi) is 5.41. The number of aliphatic hydroxyl groups is 1. The van der Waals surface area contributed by atoms with Crippen molar-refractivity contribution < 1.29 is 13.5 Å². The summed E-state index contributed by atoms with van der Waals surface area (Å²) in [6, 6.07) is 7.38. The van der Waals surface area contributed by atoms with E-state index in [0.29, 0.717) is 12.5 Å². The zero-order chi connectivity index (χ0) is 15.5. The highest BCUT2D eigenvalue weighted by Gasteiger charge is 2.36. The SMILES string of the molecule is CC(C)CCN(C1CC1)S(=O)(=O)Cc1cccc(CO)c1. The van der Waals surface area contributed by atoms with Gasteiger partial charge >= 0.3 is 0 Å². The maximum atomic E-state index is 12.7. The summed E-state index contributed by atoms with van der Waals surface area (Å²) in [5.74, 6) is 0.522. The average Bonchev–Trinajstić information content (AvgIpc) is 3.22. The third-order valence-electron chi connectivity index (χ3n) is 3.76. The fraction of sp³-hybridized carbons (Fsp3) is 0.625. The first kappa shape index (κ1) is 16.5. The molecule has 0 spiro atoms. The number of hydrogen-bond donors (Lipinski definition) is 1. The molecular formula is C16H25NO3S. The summed E-state index contributed by atoms with van der Waals surface area (Å²) in [5, 5.41) is 9.15. The average molecular weight is 311 g/mol. The van der Waals surface area contributed by atoms with Gasteiger partial charge in [0.15, 0.2) is 0 Å². The predicted molar refractivity (Wildman–Crippen MR) is 84.2 cm³/mol. The summed E-state index contributed by atoms with van der Waals surface area (Å²) in [6.45, 7) is 4.78. The molecule has 0 atom stereocenters. The van der Waals surface area contributed by atoms with Crippen LogP contribution in [0.25, 0.3) is 0 Å². The first-order valence-electron chi connectivity index (χ1n) is 7.60. The molecule has 1 aromatic carbocycles. The van der Waals surface area contributed by atoms with Crippen molar-refractivity contribution in [1.29, 1.82) is 0 Å². The maximum Gasteiger partial charge on any atom is 0.218 e. The molecule has 118 valence electrons. The van der Waals surface area contributed by atoms with Crippen LogP contribution in [0.3, 0.4) is 0 Å². The first-order valence-corrected chi connectivity index (χ1v) is 9.21. The molecule has 1 aromatic rings. The van der Waals surface area contributed by atoms with E-state index in [2.05, 4.69) is 13.8 Å². The van der Waals surface area contributed by atoms with Crippen LogP contribution in [-0.4, -0.2) is 30.4 Å². The predicted octanol–water partition coefficient (Wildman–Crippen LogP) is 2.52. The van der Waals surface area contributed by atoms with Gasteiger partial charge in [-0.1, -0.05) is 38.1 Å². The Morgan fingerprint density at radius 1 is 1.29 bits per heavy atom. The number of nitrogens with zero attached hydrogens (tertiary/aromatic N) is 1. The summed E-state index contributed by atoms with van der Waals surface area (Å²) in [5.41, 5.74) is 1.50. The topological polar surface area (TPSA) is 57.6 Å². The number of hydrogen-bond acceptors (Lipinski definition) is 3. The Morgan fingerprint density at radius 2 is 1.95 bits per heavy atom. The Labute approximate surface area is 127 Å². The van der Waals surface area contributed by atoms with E-state index in [1.54, 1.807) is 22.5 Å². The van der Waals surface area contributed by atoms with Gasteiger partial charge in [-0.05, 0) is 36.3 Å². The van der Waals surface area contributed by atoms with Crippen LogP contribution in [0, 0.1) is 5.92 Å². The Morgan fingerprint density at radius 3 is 2.52 bits per heavy atom. The number of rotatable bonds is 8. The van der Waals surface area contributed by atoms with Gasteiger partial charge in [0, 0.05) is 12.6 Å². The highest BCUT2D eigenvalue weighted by molar-refractivity contribution is 7.88. The molecule has 0 heterocycles. The van der Waals surface area contributed by atoms with Crippen molar-refractivity contribution >= 4 is 10.0 Å². The summed E-state index contributed by atoms with van der Waals surface area (Å²) in [6.07, 6.45) is 2.86. The van der Waals surface area contributed by atoms with Gasteiger partial charge in [0.1, 0.15) is 0 Å². The van der Waals surface area contributed by atoms with Gasteiger partial charge in [0.25, 0.3) is 0 Å². The molecule has 0 amide bonds. The minimum absolute atomic E-state index is 0.0232. The van der Waals surface area contributed by atoms with Gasteiger partial charge in [-0.3, -0.25) is 0 Å². The zero-order valence-corrected chi connectivity index (χ0v) is 13.6. The van der Waals surface area contributed by atoms with Crippen LogP contribution in [-0.2, 0) is 22.4 Å². The lowest BCUT2D eigenvalue weighted by Gasteiger charge is -2.23. The number of sulfonamides is 1. The quantitative estimate of drug-likeness (QED) is 0.802. The van der Waals surface area contributed by atoms with Gasteiger partial charge in [-0.15, -0.1) is 0 Å². The lowest BCUT2D eigenvalue weighted by atomic mass is 10.1. The van der Waals surface area contributed by atoms with Crippen molar-refractivity contribution in [2.24, 2.45) is 5.92 Å². The molecule has 0 saturated heterocycles. The van der Waals surface area contributed by atoms with Crippen molar-refractivity contribution in [3.63, 3.8) is 0 Å². The first-order chi connectivity index (χ1) is 9.92. The van der Waals surface area contributed by atoms with Crippen molar-refractivity contribution in [2.45, 2.75) is 51.5 Å². The van der Waals surface area contributed by atoms with Crippen LogP contribution in [0.1, 0.15) is 44.2 Å². The standard InChI is InChI=1S/C16H25NO3S/c1-13(2)8-9-17(16-6-7-16)21(19,20)12-15-5-3-4-14(10-15)11-18/h3-5,10,13,16,18H,6-9,11-12H2,1-2H3. The van der Waals surface area contributed by atoms with Gasteiger partial charge in [-0.25, -0.2) is 8.42 Å². The molecule has 0 radical (unpaired) electrons. The normalized spacial score (nSPS) is 15.9. The highest BCUT2D eigenvalue weighted by atomic mass is 32.2. The molecule has 1 saturated carbocycles. The molecule has 1 aliphatic rings. The third kappa shape index (κ3) is 4.80. The molecule has 0 bridgehead atoms. The second-order valence-electron chi connectivity index (χ2n) is 6.26. The smallest absolute Gasteiger partial charge is 0.218 e. The largest absolute Gasteiger partial charge is 0.392 e. The van der Waals surface area contributed by atoms with E-state index >= 15 is 0 Å². The molecule has 1 N–H and O–H groups in total. The van der Waals surface area contributed by atoms with Crippen molar-refractivity contribution in [2.75, 3.05) is 6.54 Å². The van der Waals surface area contributed by atoms with Crippen LogP contribution in [0.5, 0.6) is 0 Å².